The predicted octanol–water partition coefficient (Wildman–Crippen LogP) is 2.41. The molecule has 6 rings (SSSR count). The average Bonchev–Trinajstić information content (AvgIpc) is 3.05. The molecule has 4 aromatic rings. The molecule has 2 aliphatic rings. The molecular formula is C20H19FN8O. The number of rotatable bonds is 4. The van der Waals surface area contributed by atoms with Crippen molar-refractivity contribution in [1.29, 1.82) is 0 Å². The van der Waals surface area contributed by atoms with E-state index >= 15 is 0 Å². The molecule has 0 radical (unpaired) electrons. The Morgan fingerprint density at radius 1 is 1.30 bits per heavy atom. The minimum absolute atomic E-state index is 0.164. The van der Waals surface area contributed by atoms with Crippen LogP contribution in [0.4, 0.5) is 15.9 Å². The lowest BCUT2D eigenvalue weighted by Gasteiger charge is -2.21. The van der Waals surface area contributed by atoms with Crippen molar-refractivity contribution in [2.24, 2.45) is 11.7 Å². The van der Waals surface area contributed by atoms with Crippen LogP contribution in [0.15, 0.2) is 30.9 Å². The van der Waals surface area contributed by atoms with E-state index in [0.29, 0.717) is 40.8 Å². The van der Waals surface area contributed by atoms with Crippen LogP contribution < -0.4 is 20.7 Å². The van der Waals surface area contributed by atoms with Gasteiger partial charge in [0.2, 0.25) is 0 Å². The van der Waals surface area contributed by atoms with Crippen LogP contribution >= 0.6 is 0 Å². The maximum Gasteiger partial charge on any atom is 0.326 e. The van der Waals surface area contributed by atoms with Gasteiger partial charge >= 0.3 is 6.01 Å². The smallest absolute Gasteiger partial charge is 0.326 e. The Morgan fingerprint density at radius 3 is 2.87 bits per heavy atom. The minimum atomic E-state index is -0.333. The number of hydrogen-bond acceptors (Lipinski definition) is 8. The van der Waals surface area contributed by atoms with E-state index in [2.05, 4.69) is 30.2 Å². The van der Waals surface area contributed by atoms with Gasteiger partial charge in [0.25, 0.3) is 0 Å². The molecule has 1 saturated heterocycles. The third-order valence-electron chi connectivity index (χ3n) is 6.01. The number of ether oxygens (including phenoxy) is 1. The van der Waals surface area contributed by atoms with E-state index in [-0.39, 0.29) is 17.4 Å². The van der Waals surface area contributed by atoms with E-state index < -0.39 is 0 Å². The molecule has 0 bridgehead atoms. The number of aromatic amines is 1. The number of halogens is 1. The fourth-order valence-electron chi connectivity index (χ4n) is 4.43. The Morgan fingerprint density at radius 2 is 2.13 bits per heavy atom. The highest BCUT2D eigenvalue weighted by Crippen LogP contribution is 2.49. The Hall–Kier alpha value is -3.53. The molecule has 10 heteroatoms. The predicted molar refractivity (Wildman–Crippen MR) is 110 cm³/mol. The van der Waals surface area contributed by atoms with Crippen molar-refractivity contribution in [1.82, 2.24) is 24.9 Å². The third-order valence-corrected chi connectivity index (χ3v) is 6.01. The lowest BCUT2D eigenvalue weighted by Crippen LogP contribution is -2.33. The molecule has 152 valence electrons. The quantitative estimate of drug-likeness (QED) is 0.473. The summed E-state index contributed by atoms with van der Waals surface area (Å²) < 4.78 is 20.1. The summed E-state index contributed by atoms with van der Waals surface area (Å²) in [6.07, 6.45) is 5.53. The Kier molecular flexibility index (Phi) is 3.46. The summed E-state index contributed by atoms with van der Waals surface area (Å²) in [7, 11) is 1.75. The maximum absolute atomic E-state index is 14.3. The molecule has 0 spiro atoms. The number of hydrogen-bond donors (Lipinski definition) is 3. The summed E-state index contributed by atoms with van der Waals surface area (Å²) in [5.41, 5.74) is 8.24. The molecule has 4 heterocycles. The molecule has 3 aromatic heterocycles. The van der Waals surface area contributed by atoms with Gasteiger partial charge in [-0.15, -0.1) is 0 Å². The molecule has 1 aliphatic carbocycles. The zero-order valence-electron chi connectivity index (χ0n) is 16.2. The number of aromatic nitrogens is 5. The molecular weight excluding hydrogens is 387 g/mol. The largest absolute Gasteiger partial charge is 0.421 e. The summed E-state index contributed by atoms with van der Waals surface area (Å²) in [4.78, 5) is 22.6. The second-order valence-electron chi connectivity index (χ2n) is 8.00. The average molecular weight is 406 g/mol. The van der Waals surface area contributed by atoms with Crippen molar-refractivity contribution in [2.75, 3.05) is 30.4 Å². The Balaban J connectivity index is 1.57. The van der Waals surface area contributed by atoms with Crippen molar-refractivity contribution in [3.63, 3.8) is 0 Å². The van der Waals surface area contributed by atoms with Crippen LogP contribution in [0.2, 0.25) is 0 Å². The molecule has 0 amide bonds. The number of nitrogens with zero attached hydrogens (tertiary/aromatic N) is 5. The molecule has 2 fully saturated rings. The second-order valence-corrected chi connectivity index (χ2v) is 8.00. The first-order chi connectivity index (χ1) is 14.5. The molecule has 1 saturated carbocycles. The monoisotopic (exact) mass is 406 g/mol. The van der Waals surface area contributed by atoms with E-state index in [1.165, 1.54) is 18.5 Å². The third kappa shape index (κ3) is 2.57. The van der Waals surface area contributed by atoms with Crippen LogP contribution in [0.5, 0.6) is 11.8 Å². The maximum atomic E-state index is 14.3. The van der Waals surface area contributed by atoms with Crippen LogP contribution in [0.1, 0.15) is 6.42 Å². The lowest BCUT2D eigenvalue weighted by atomic mass is 10.1. The van der Waals surface area contributed by atoms with Gasteiger partial charge in [0.05, 0.1) is 29.0 Å². The van der Waals surface area contributed by atoms with E-state index in [0.717, 1.165) is 23.9 Å². The van der Waals surface area contributed by atoms with E-state index in [1.54, 1.807) is 19.4 Å². The molecule has 30 heavy (non-hydrogen) atoms. The number of nitrogens with two attached hydrogens (primary N) is 1. The molecule has 4 N–H and O–H groups in total. The highest BCUT2D eigenvalue weighted by atomic mass is 19.1. The zero-order valence-corrected chi connectivity index (χ0v) is 16.2. The minimum Gasteiger partial charge on any atom is -0.421 e. The standard InChI is InChI=1S/C20H19FN8O/c1-23-14-3-11(21)2-13-15-17(26-16(13)14)27-19(30-12-5-24-9-25-6-12)28-18(15)29-7-10-4-20(10,22)8-29/h2-3,5-6,9-10,23H,4,7-8,22H2,1H3,(H,26,27,28). The summed E-state index contributed by atoms with van der Waals surface area (Å²) >= 11 is 0. The second kappa shape index (κ2) is 5.99. The topological polar surface area (TPSA) is 118 Å². The highest BCUT2D eigenvalue weighted by molar-refractivity contribution is 6.14. The van der Waals surface area contributed by atoms with Gasteiger partial charge in [0.15, 0.2) is 5.75 Å². The number of fused-ring (bicyclic) bond motifs is 4. The first kappa shape index (κ1) is 17.3. The van der Waals surface area contributed by atoms with Crippen molar-refractivity contribution >= 4 is 33.4 Å². The normalized spacial score (nSPS) is 22.5. The van der Waals surface area contributed by atoms with Gasteiger partial charge in [-0.3, -0.25) is 0 Å². The number of benzene rings is 1. The Labute approximate surface area is 170 Å². The molecule has 2 unspecified atom stereocenters. The Bertz CT molecular complexity index is 1290. The summed E-state index contributed by atoms with van der Waals surface area (Å²) in [6.45, 7) is 1.50. The van der Waals surface area contributed by atoms with Crippen molar-refractivity contribution in [3.8, 4) is 11.8 Å². The molecule has 1 aromatic carbocycles. The first-order valence-corrected chi connectivity index (χ1v) is 9.71. The molecule has 1 aliphatic heterocycles. The SMILES string of the molecule is CNc1cc(F)cc2c1[nH]c1nc(Oc3cncnc3)nc(N3CC4CC4(N)C3)c12. The van der Waals surface area contributed by atoms with Gasteiger partial charge in [-0.25, -0.2) is 14.4 Å². The number of nitrogens with one attached hydrogen (secondary N) is 2. The van der Waals surface area contributed by atoms with Crippen molar-refractivity contribution in [2.45, 2.75) is 12.0 Å². The summed E-state index contributed by atoms with van der Waals surface area (Å²) in [5.74, 6) is 1.23. The fraction of sp³-hybridized carbons (Fsp3) is 0.300. The number of piperidine rings is 1. The number of H-pyrrole nitrogens is 1. The van der Waals surface area contributed by atoms with E-state index in [1.807, 2.05) is 0 Å². The van der Waals surface area contributed by atoms with E-state index in [9.17, 15) is 4.39 Å². The van der Waals surface area contributed by atoms with Crippen molar-refractivity contribution in [3.05, 3.63) is 36.7 Å². The van der Waals surface area contributed by atoms with Crippen LogP contribution in [-0.4, -0.2) is 50.6 Å². The van der Waals surface area contributed by atoms with Crippen LogP contribution in [0.25, 0.3) is 21.9 Å². The van der Waals surface area contributed by atoms with Gasteiger partial charge in [-0.2, -0.15) is 9.97 Å². The lowest BCUT2D eigenvalue weighted by molar-refractivity contribution is 0.439. The first-order valence-electron chi connectivity index (χ1n) is 9.71. The van der Waals surface area contributed by atoms with E-state index in [4.69, 9.17) is 15.5 Å². The van der Waals surface area contributed by atoms with Crippen LogP contribution in [0, 0.1) is 11.7 Å². The highest BCUT2D eigenvalue weighted by Gasteiger charge is 2.57. The number of anilines is 2. The molecule has 9 nitrogen and oxygen atoms in total. The van der Waals surface area contributed by atoms with Gasteiger partial charge in [-0.05, 0) is 24.5 Å². The summed E-state index contributed by atoms with van der Waals surface area (Å²) in [5, 5.41) is 4.50. The van der Waals surface area contributed by atoms with Gasteiger partial charge in [-0.1, -0.05) is 0 Å². The van der Waals surface area contributed by atoms with Crippen LogP contribution in [0.3, 0.4) is 0 Å². The zero-order chi connectivity index (χ0) is 20.5. The fourth-order valence-corrected chi connectivity index (χ4v) is 4.43. The molecule has 2 atom stereocenters. The van der Waals surface area contributed by atoms with Crippen molar-refractivity contribution < 1.29 is 9.13 Å². The summed E-state index contributed by atoms with van der Waals surface area (Å²) in [6, 6.07) is 3.11. The van der Waals surface area contributed by atoms with Gasteiger partial charge < -0.3 is 25.7 Å². The van der Waals surface area contributed by atoms with Gasteiger partial charge in [0.1, 0.15) is 23.6 Å². The van der Waals surface area contributed by atoms with Crippen LogP contribution in [-0.2, 0) is 0 Å². The van der Waals surface area contributed by atoms with Gasteiger partial charge in [0, 0.05) is 31.1 Å².